The predicted octanol–water partition coefficient (Wildman–Crippen LogP) is 3.33. The van der Waals surface area contributed by atoms with Gasteiger partial charge >= 0.3 is 0 Å². The molecule has 0 N–H and O–H groups in total. The van der Waals surface area contributed by atoms with Gasteiger partial charge in [-0.15, -0.1) is 0 Å². The summed E-state index contributed by atoms with van der Waals surface area (Å²) in [6.45, 7) is 0. The normalized spacial score (nSPS) is 14.8. The maximum atomic E-state index is 13.7. The first-order chi connectivity index (χ1) is 10.1. The van der Waals surface area contributed by atoms with Crippen LogP contribution in [0.4, 0.5) is 4.39 Å². The molecule has 6 heteroatoms. The Hall–Kier alpha value is -2.14. The summed E-state index contributed by atoms with van der Waals surface area (Å²) in [5.41, 5.74) is 2.59. The van der Waals surface area contributed by atoms with Crippen LogP contribution in [0.25, 0.3) is 16.7 Å². The van der Waals surface area contributed by atoms with Crippen molar-refractivity contribution in [2.75, 3.05) is 0 Å². The van der Waals surface area contributed by atoms with Crippen LogP contribution in [-0.4, -0.2) is 9.78 Å². The van der Waals surface area contributed by atoms with E-state index in [0.717, 1.165) is 23.3 Å². The molecule has 1 aromatic carbocycles. The van der Waals surface area contributed by atoms with E-state index in [0.29, 0.717) is 22.6 Å². The van der Waals surface area contributed by atoms with E-state index in [1.54, 1.807) is 16.8 Å². The molecular formula is C15H11ClFN3O. The summed E-state index contributed by atoms with van der Waals surface area (Å²) in [5.74, 6) is -0.176. The zero-order valence-electron chi connectivity index (χ0n) is 11.0. The summed E-state index contributed by atoms with van der Waals surface area (Å²) in [4.78, 5) is 0. The van der Waals surface area contributed by atoms with Crippen molar-refractivity contribution in [3.63, 3.8) is 0 Å². The fourth-order valence-electron chi connectivity index (χ4n) is 2.55. The highest BCUT2D eigenvalue weighted by molar-refractivity contribution is 6.30. The van der Waals surface area contributed by atoms with Crippen LogP contribution in [-0.2, 0) is 0 Å². The van der Waals surface area contributed by atoms with Crippen molar-refractivity contribution < 1.29 is 9.12 Å². The van der Waals surface area contributed by atoms with Crippen LogP contribution in [0, 0.1) is 11.0 Å². The van der Waals surface area contributed by atoms with Gasteiger partial charge in [-0.2, -0.15) is 9.83 Å². The minimum atomic E-state index is -0.503. The molecule has 106 valence electrons. The van der Waals surface area contributed by atoms with Gasteiger partial charge in [0.05, 0.1) is 10.7 Å². The van der Waals surface area contributed by atoms with Crippen molar-refractivity contribution in [3.05, 3.63) is 58.3 Å². The van der Waals surface area contributed by atoms with E-state index in [2.05, 4.69) is 5.10 Å². The number of pyridine rings is 1. The summed E-state index contributed by atoms with van der Waals surface area (Å²) >= 11 is 5.72. The van der Waals surface area contributed by atoms with Crippen molar-refractivity contribution in [1.82, 2.24) is 9.78 Å². The van der Waals surface area contributed by atoms with E-state index in [9.17, 15) is 9.60 Å². The van der Waals surface area contributed by atoms with E-state index in [4.69, 9.17) is 11.6 Å². The number of aromatic nitrogens is 3. The Morgan fingerprint density at radius 1 is 1.33 bits per heavy atom. The van der Waals surface area contributed by atoms with Crippen LogP contribution in [0.2, 0.25) is 5.02 Å². The van der Waals surface area contributed by atoms with Crippen LogP contribution in [0.3, 0.4) is 0 Å². The number of rotatable bonds is 2. The molecule has 0 amide bonds. The van der Waals surface area contributed by atoms with Crippen LogP contribution < -0.4 is 4.73 Å². The maximum Gasteiger partial charge on any atom is 0.266 e. The van der Waals surface area contributed by atoms with Gasteiger partial charge in [-0.25, -0.2) is 9.07 Å². The summed E-state index contributed by atoms with van der Waals surface area (Å²) in [7, 11) is 0. The van der Waals surface area contributed by atoms with Crippen LogP contribution in [0.15, 0.2) is 36.5 Å². The zero-order chi connectivity index (χ0) is 14.6. The largest absolute Gasteiger partial charge is 0.618 e. The molecule has 0 spiro atoms. The van der Waals surface area contributed by atoms with Crippen LogP contribution >= 0.6 is 11.6 Å². The lowest BCUT2D eigenvalue weighted by molar-refractivity contribution is -0.577. The number of hydrogen-bond acceptors (Lipinski definition) is 2. The number of hydrogen-bond donors (Lipinski definition) is 0. The van der Waals surface area contributed by atoms with Gasteiger partial charge in [0.2, 0.25) is 0 Å². The lowest BCUT2D eigenvalue weighted by Crippen LogP contribution is -2.26. The third kappa shape index (κ3) is 1.96. The number of halogens is 2. The molecule has 0 atom stereocenters. The van der Waals surface area contributed by atoms with Crippen molar-refractivity contribution in [2.24, 2.45) is 0 Å². The second-order valence-electron chi connectivity index (χ2n) is 5.24. The monoisotopic (exact) mass is 303 g/mol. The molecule has 0 unspecified atom stereocenters. The summed E-state index contributed by atoms with van der Waals surface area (Å²) in [6, 6.07) is 7.99. The second kappa shape index (κ2) is 4.43. The number of nitrogens with zero attached hydrogens (tertiary/aromatic N) is 3. The van der Waals surface area contributed by atoms with Gasteiger partial charge in [0.1, 0.15) is 17.0 Å². The molecule has 1 fully saturated rings. The fourth-order valence-corrected chi connectivity index (χ4v) is 2.67. The topological polar surface area (TPSA) is 44.8 Å². The molecular weight excluding hydrogens is 293 g/mol. The van der Waals surface area contributed by atoms with Gasteiger partial charge in [0, 0.05) is 18.1 Å². The summed E-state index contributed by atoms with van der Waals surface area (Å²) < 4.78 is 16.1. The third-order valence-corrected chi connectivity index (χ3v) is 4.04. The Morgan fingerprint density at radius 3 is 2.86 bits per heavy atom. The first-order valence-corrected chi connectivity index (χ1v) is 7.09. The average Bonchev–Trinajstić information content (AvgIpc) is 3.23. The maximum absolute atomic E-state index is 13.7. The van der Waals surface area contributed by atoms with Crippen molar-refractivity contribution >= 4 is 22.6 Å². The van der Waals surface area contributed by atoms with Crippen LogP contribution in [0.5, 0.6) is 0 Å². The molecule has 3 aromatic rings. The second-order valence-corrected chi connectivity index (χ2v) is 5.64. The Balaban J connectivity index is 2.00. The fraction of sp³-hybridized carbons (Fsp3) is 0.200. The minimum Gasteiger partial charge on any atom is -0.618 e. The van der Waals surface area contributed by atoms with Gasteiger partial charge in [0.15, 0.2) is 6.20 Å². The van der Waals surface area contributed by atoms with Crippen molar-refractivity contribution in [1.29, 1.82) is 0 Å². The highest BCUT2D eigenvalue weighted by Gasteiger charge is 2.33. The van der Waals surface area contributed by atoms with Gasteiger partial charge in [0.25, 0.3) is 5.52 Å². The molecule has 2 heterocycles. The van der Waals surface area contributed by atoms with Gasteiger partial charge < -0.3 is 5.21 Å². The first-order valence-electron chi connectivity index (χ1n) is 6.71. The standard InChI is InChI=1S/C15H11ClFN3O/c16-11-6-5-10(8-12(11)17)20-13-2-1-7-19(21)15(13)14(18-20)9-3-4-9/h1-2,5-9H,3-4H2. The lowest BCUT2D eigenvalue weighted by atomic mass is 10.2. The van der Waals surface area contributed by atoms with Crippen LogP contribution in [0.1, 0.15) is 24.5 Å². The summed E-state index contributed by atoms with van der Waals surface area (Å²) in [5, 5.41) is 16.7. The highest BCUT2D eigenvalue weighted by atomic mass is 35.5. The third-order valence-electron chi connectivity index (χ3n) is 3.73. The zero-order valence-corrected chi connectivity index (χ0v) is 11.7. The lowest BCUT2D eigenvalue weighted by Gasteiger charge is -2.04. The van der Waals surface area contributed by atoms with Gasteiger partial charge in [-0.1, -0.05) is 11.6 Å². The van der Waals surface area contributed by atoms with Gasteiger partial charge in [-0.3, -0.25) is 0 Å². The molecule has 0 saturated heterocycles. The molecule has 1 aliphatic rings. The van der Waals surface area contributed by atoms with E-state index in [-0.39, 0.29) is 5.02 Å². The Bertz CT molecular complexity index is 857. The Labute approximate surface area is 125 Å². The minimum absolute atomic E-state index is 0.0662. The molecule has 4 rings (SSSR count). The quantitative estimate of drug-likeness (QED) is 0.538. The van der Waals surface area contributed by atoms with Crippen molar-refractivity contribution in [2.45, 2.75) is 18.8 Å². The molecule has 21 heavy (non-hydrogen) atoms. The Morgan fingerprint density at radius 2 is 2.14 bits per heavy atom. The molecule has 4 nitrogen and oxygen atoms in total. The van der Waals surface area contributed by atoms with E-state index >= 15 is 0 Å². The predicted molar refractivity (Wildman–Crippen MR) is 77.0 cm³/mol. The molecule has 2 aromatic heterocycles. The van der Waals surface area contributed by atoms with Gasteiger partial charge in [-0.05, 0) is 31.0 Å². The molecule has 0 aliphatic heterocycles. The number of benzene rings is 1. The first kappa shape index (κ1) is 12.6. The molecule has 1 aliphatic carbocycles. The molecule has 0 radical (unpaired) electrons. The van der Waals surface area contributed by atoms with Crippen molar-refractivity contribution in [3.8, 4) is 5.69 Å². The molecule has 1 saturated carbocycles. The summed E-state index contributed by atoms with van der Waals surface area (Å²) in [6.07, 6.45) is 3.54. The average molecular weight is 304 g/mol. The smallest absolute Gasteiger partial charge is 0.266 e. The van der Waals surface area contributed by atoms with E-state index in [1.165, 1.54) is 18.3 Å². The van der Waals surface area contributed by atoms with E-state index < -0.39 is 5.82 Å². The highest BCUT2D eigenvalue weighted by Crippen LogP contribution is 2.42. The number of fused-ring (bicyclic) bond motifs is 1. The van der Waals surface area contributed by atoms with E-state index in [1.807, 2.05) is 6.07 Å². The Kier molecular flexibility index (Phi) is 2.65. The SMILES string of the molecule is [O-][n+]1cccc2c1c(C1CC1)nn2-c1ccc(Cl)c(F)c1. The molecule has 0 bridgehead atoms.